The second-order valence-electron chi connectivity index (χ2n) is 10.4. The number of benzene rings is 1. The number of nitrogens with one attached hydrogen (secondary N) is 2. The molecule has 4 heterocycles. The smallest absolute Gasteiger partial charge is 0.418 e. The molecule has 40 heavy (non-hydrogen) atoms. The molecule has 2 saturated heterocycles. The van der Waals surface area contributed by atoms with E-state index in [1.54, 1.807) is 36.2 Å². The van der Waals surface area contributed by atoms with E-state index in [1.807, 2.05) is 27.8 Å². The maximum absolute atomic E-state index is 13.5. The number of likely N-dealkylation sites (N-methyl/N-ethyl adjacent to an activating group) is 1. The lowest BCUT2D eigenvalue weighted by molar-refractivity contribution is -0.136. The van der Waals surface area contributed by atoms with Crippen LogP contribution in [0.4, 0.5) is 30.4 Å². The van der Waals surface area contributed by atoms with Gasteiger partial charge in [-0.2, -0.15) is 13.2 Å². The zero-order valence-electron chi connectivity index (χ0n) is 22.7. The Hall–Kier alpha value is -2.78. The molecule has 2 aromatic heterocycles. The Balaban J connectivity index is 1.33. The molecule has 3 aromatic rings. The van der Waals surface area contributed by atoms with Gasteiger partial charge in [0.15, 0.2) is 0 Å². The molecule has 2 fully saturated rings. The minimum atomic E-state index is -4.51. The van der Waals surface area contributed by atoms with E-state index in [9.17, 15) is 18.0 Å². The van der Waals surface area contributed by atoms with Crippen molar-refractivity contribution in [1.29, 1.82) is 0 Å². The molecule has 0 atom stereocenters. The van der Waals surface area contributed by atoms with E-state index >= 15 is 0 Å². The number of alkyl halides is 3. The fraction of sp³-hybridized carbons (Fsp3) is 0.481. The number of piperazine rings is 1. The number of hydrogen-bond acceptors (Lipinski definition) is 7. The molecule has 9 nitrogen and oxygen atoms in total. The molecule has 216 valence electrons. The van der Waals surface area contributed by atoms with Crippen LogP contribution in [0.5, 0.6) is 5.75 Å². The van der Waals surface area contributed by atoms with Crippen LogP contribution in [-0.4, -0.2) is 97.1 Å². The average Bonchev–Trinajstić information content (AvgIpc) is 3.41. The molecule has 2 aliphatic rings. The summed E-state index contributed by atoms with van der Waals surface area (Å²) in [5.74, 6) is 0.839. The number of ether oxygens (including phenoxy) is 1. The van der Waals surface area contributed by atoms with E-state index in [1.165, 1.54) is 7.11 Å². The van der Waals surface area contributed by atoms with Gasteiger partial charge in [-0.15, -0.1) is 0 Å². The van der Waals surface area contributed by atoms with E-state index in [2.05, 4.69) is 30.3 Å². The zero-order chi connectivity index (χ0) is 28.6. The Morgan fingerprint density at radius 3 is 2.48 bits per heavy atom. The van der Waals surface area contributed by atoms with Crippen LogP contribution in [-0.2, 0) is 6.18 Å². The second-order valence-corrected chi connectivity index (χ2v) is 10.9. The molecular formula is C27H33F3IN7O2. The summed E-state index contributed by atoms with van der Waals surface area (Å²) in [4.78, 5) is 29.0. The van der Waals surface area contributed by atoms with E-state index in [0.29, 0.717) is 41.9 Å². The summed E-state index contributed by atoms with van der Waals surface area (Å²) >= 11 is 1.81. The van der Waals surface area contributed by atoms with Crippen molar-refractivity contribution in [1.82, 2.24) is 24.7 Å². The van der Waals surface area contributed by atoms with Gasteiger partial charge >= 0.3 is 6.18 Å². The number of amides is 1. The molecule has 2 N–H and O–H groups in total. The largest absolute Gasteiger partial charge is 0.495 e. The van der Waals surface area contributed by atoms with Gasteiger partial charge in [0.2, 0.25) is 0 Å². The molecule has 0 saturated carbocycles. The van der Waals surface area contributed by atoms with Crippen molar-refractivity contribution in [3.63, 3.8) is 0 Å². The third-order valence-electron chi connectivity index (χ3n) is 7.97. The number of fused-ring (bicyclic) bond motifs is 1. The lowest BCUT2D eigenvalue weighted by Gasteiger charge is -2.42. The maximum atomic E-state index is 13.5. The highest BCUT2D eigenvalue weighted by atomic mass is 127. The number of carbonyl (C=O) groups excluding carboxylic acids is 1. The molecule has 5 rings (SSSR count). The van der Waals surface area contributed by atoms with Crippen molar-refractivity contribution in [2.45, 2.75) is 25.1 Å². The number of aromatic nitrogens is 2. The normalized spacial score (nSPS) is 17.8. The Kier molecular flexibility index (Phi) is 8.34. The van der Waals surface area contributed by atoms with Crippen LogP contribution in [0.25, 0.3) is 11.0 Å². The van der Waals surface area contributed by atoms with Crippen LogP contribution in [0, 0.1) is 0 Å². The van der Waals surface area contributed by atoms with Crippen LogP contribution in [0.1, 0.15) is 28.8 Å². The Labute approximate surface area is 245 Å². The van der Waals surface area contributed by atoms with Crippen molar-refractivity contribution in [2.24, 2.45) is 0 Å². The number of hydrogen-bond donors (Lipinski definition) is 2. The predicted molar refractivity (Wildman–Crippen MR) is 158 cm³/mol. The van der Waals surface area contributed by atoms with Gasteiger partial charge in [0.25, 0.3) is 5.91 Å². The van der Waals surface area contributed by atoms with Crippen LogP contribution in [0.15, 0.2) is 30.5 Å². The van der Waals surface area contributed by atoms with E-state index in [-0.39, 0.29) is 22.6 Å². The first-order chi connectivity index (χ1) is 19.1. The predicted octanol–water partition coefficient (Wildman–Crippen LogP) is 4.97. The quantitative estimate of drug-likeness (QED) is 0.283. The van der Waals surface area contributed by atoms with Crippen molar-refractivity contribution >= 4 is 57.0 Å². The van der Waals surface area contributed by atoms with Gasteiger partial charge in [-0.1, -0.05) is 0 Å². The fourth-order valence-corrected chi connectivity index (χ4v) is 6.03. The van der Waals surface area contributed by atoms with E-state index < -0.39 is 11.7 Å². The molecule has 1 aromatic carbocycles. The number of piperidine rings is 1. The van der Waals surface area contributed by atoms with Gasteiger partial charge in [-0.05, 0) is 38.1 Å². The van der Waals surface area contributed by atoms with Gasteiger partial charge in [-0.25, -0.2) is 4.98 Å². The Morgan fingerprint density at radius 1 is 1.15 bits per heavy atom. The Morgan fingerprint density at radius 2 is 1.85 bits per heavy atom. The molecular weight excluding hydrogens is 638 g/mol. The van der Waals surface area contributed by atoms with Crippen molar-refractivity contribution in [2.75, 3.05) is 68.9 Å². The summed E-state index contributed by atoms with van der Waals surface area (Å²) in [6.45, 7) is 5.74. The van der Waals surface area contributed by atoms with Gasteiger partial charge in [0.05, 0.1) is 52.3 Å². The number of pyridine rings is 1. The first kappa shape index (κ1) is 28.7. The zero-order valence-corrected chi connectivity index (χ0v) is 24.8. The van der Waals surface area contributed by atoms with Crippen LogP contribution >= 0.6 is 22.9 Å². The number of carbonyl (C=O) groups is 1. The van der Waals surface area contributed by atoms with Crippen LogP contribution < -0.4 is 13.2 Å². The van der Waals surface area contributed by atoms with Crippen molar-refractivity contribution in [3.8, 4) is 5.75 Å². The van der Waals surface area contributed by atoms with E-state index in [4.69, 9.17) is 4.74 Å². The number of rotatable bonds is 6. The summed E-state index contributed by atoms with van der Waals surface area (Å²) in [5, 5.41) is -0.0247. The molecule has 0 unspecified atom stereocenters. The average molecular weight is 672 g/mol. The lowest BCUT2D eigenvalue weighted by atomic mass is 10.0. The Bertz CT molecular complexity index is 1370. The topological polar surface area (TPSA) is 80.0 Å². The molecule has 1 amide bonds. The number of halogens is 4. The van der Waals surface area contributed by atoms with Crippen LogP contribution in [0.3, 0.4) is 0 Å². The highest BCUT2D eigenvalue weighted by molar-refractivity contribution is 14.1. The first-order valence-corrected chi connectivity index (χ1v) is 14.3. The SMILES string of the molecule is COc1cc(C(=O)N2CCC(N3CCN(C)CC3)CC2)ccc1N(C)c1cc(NI)c2c(C(F)(F)F)c[nH]c2n1. The number of anilines is 3. The summed E-state index contributed by atoms with van der Waals surface area (Å²) < 4.78 is 49.0. The number of nitrogens with zero attached hydrogens (tertiary/aromatic N) is 5. The summed E-state index contributed by atoms with van der Waals surface area (Å²) in [7, 11) is 5.43. The number of aromatic amines is 1. The van der Waals surface area contributed by atoms with Crippen LogP contribution in [0.2, 0.25) is 0 Å². The molecule has 2 aliphatic heterocycles. The summed E-state index contributed by atoms with van der Waals surface area (Å²) in [5.41, 5.74) is 0.774. The standard InChI is InChI=1S/C27H33F3IN7O2/c1-35-10-12-37(13-11-35)18-6-8-38(9-7-18)26(39)17-4-5-21(22(14-17)40-3)36(2)23-15-20(34-31)24-19(27(28,29)30)16-32-25(24)33-23/h4-5,14-16,18H,6-13H2,1-3H3,(H2,32,33,34). The molecule has 0 radical (unpaired) electrons. The highest BCUT2D eigenvalue weighted by Gasteiger charge is 2.35. The first-order valence-electron chi connectivity index (χ1n) is 13.2. The number of methoxy groups -OCH3 is 1. The summed E-state index contributed by atoms with van der Waals surface area (Å²) in [6.07, 6.45) is -1.66. The van der Waals surface area contributed by atoms with Crippen molar-refractivity contribution in [3.05, 3.63) is 41.6 Å². The van der Waals surface area contributed by atoms with Crippen molar-refractivity contribution < 1.29 is 22.7 Å². The number of likely N-dealkylation sites (tertiary alicyclic amines) is 1. The molecule has 0 aliphatic carbocycles. The number of H-pyrrole nitrogens is 1. The van der Waals surface area contributed by atoms with Gasteiger partial charge < -0.3 is 28.0 Å². The summed E-state index contributed by atoms with van der Waals surface area (Å²) in [6, 6.07) is 7.33. The van der Waals surface area contributed by atoms with Gasteiger partial charge in [-0.3, -0.25) is 9.69 Å². The van der Waals surface area contributed by atoms with Gasteiger partial charge in [0, 0.05) is 70.2 Å². The van der Waals surface area contributed by atoms with Gasteiger partial charge in [0.1, 0.15) is 17.2 Å². The molecule has 0 spiro atoms. The highest BCUT2D eigenvalue weighted by Crippen LogP contribution is 2.41. The lowest BCUT2D eigenvalue weighted by Crippen LogP contribution is -2.52. The van der Waals surface area contributed by atoms with E-state index in [0.717, 1.165) is 45.2 Å². The minimum Gasteiger partial charge on any atom is -0.495 e. The minimum absolute atomic E-state index is 0.0247. The second kappa shape index (κ2) is 11.6. The molecule has 0 bridgehead atoms. The third-order valence-corrected chi connectivity index (χ3v) is 8.55. The molecule has 13 heteroatoms. The maximum Gasteiger partial charge on any atom is 0.418 e. The monoisotopic (exact) mass is 671 g/mol. The third kappa shape index (κ3) is 5.68. The fourth-order valence-electron chi connectivity index (χ4n) is 5.61.